The Morgan fingerprint density at radius 3 is 2.81 bits per heavy atom. The van der Waals surface area contributed by atoms with E-state index in [4.69, 9.17) is 4.74 Å². The van der Waals surface area contributed by atoms with E-state index in [2.05, 4.69) is 27.4 Å². The third-order valence-electron chi connectivity index (χ3n) is 4.47. The van der Waals surface area contributed by atoms with Crippen molar-refractivity contribution in [1.82, 2.24) is 15.5 Å². The molecule has 0 spiro atoms. The molecule has 2 unspecified atom stereocenters. The van der Waals surface area contributed by atoms with Gasteiger partial charge in [0.15, 0.2) is 5.96 Å². The molecular weight excluding hydrogens is 335 g/mol. The number of nitrogens with zero attached hydrogens (tertiary/aromatic N) is 2. The monoisotopic (exact) mass is 366 g/mol. The molecule has 1 heterocycles. The fraction of sp³-hybridized carbons (Fsp3) is 0.632. The summed E-state index contributed by atoms with van der Waals surface area (Å²) in [6, 6.07) is 6.28. The number of aliphatic hydroxyl groups excluding tert-OH is 1. The molecule has 0 saturated carbocycles. The number of aliphatic imine (C=N–C) groups is 1. The van der Waals surface area contributed by atoms with E-state index < -0.39 is 6.10 Å². The number of aliphatic hydroxyl groups is 1. The van der Waals surface area contributed by atoms with Gasteiger partial charge in [-0.25, -0.2) is 4.39 Å². The van der Waals surface area contributed by atoms with Crippen LogP contribution in [-0.2, 0) is 0 Å². The Kier molecular flexibility index (Phi) is 8.64. The molecule has 1 fully saturated rings. The van der Waals surface area contributed by atoms with Crippen LogP contribution >= 0.6 is 0 Å². The Labute approximate surface area is 155 Å². The number of hydrogen-bond acceptors (Lipinski definition) is 4. The molecule has 3 N–H and O–H groups in total. The number of nitrogens with one attached hydrogen (secondary N) is 2. The summed E-state index contributed by atoms with van der Waals surface area (Å²) in [7, 11) is 0. The Morgan fingerprint density at radius 1 is 1.35 bits per heavy atom. The molecule has 26 heavy (non-hydrogen) atoms. The number of likely N-dealkylation sites (tertiary alicyclic amines) is 1. The van der Waals surface area contributed by atoms with Gasteiger partial charge in [0.05, 0.1) is 6.54 Å². The lowest BCUT2D eigenvalue weighted by Gasteiger charge is -2.24. The topological polar surface area (TPSA) is 69.1 Å². The lowest BCUT2D eigenvalue weighted by atomic mass is 10.2. The number of benzene rings is 1. The summed E-state index contributed by atoms with van der Waals surface area (Å²) in [5, 5.41) is 16.6. The molecule has 0 bridgehead atoms. The van der Waals surface area contributed by atoms with Gasteiger partial charge in [0.25, 0.3) is 0 Å². The zero-order valence-corrected chi connectivity index (χ0v) is 15.7. The van der Waals surface area contributed by atoms with E-state index in [0.717, 1.165) is 26.2 Å². The first-order valence-electron chi connectivity index (χ1n) is 9.45. The normalized spacial score (nSPS) is 19.4. The zero-order chi connectivity index (χ0) is 18.8. The fourth-order valence-electron chi connectivity index (χ4n) is 3.07. The van der Waals surface area contributed by atoms with Crippen LogP contribution in [0.15, 0.2) is 29.3 Å². The number of ether oxygens (including phenoxy) is 1. The lowest BCUT2D eigenvalue weighted by molar-refractivity contribution is 0.114. The van der Waals surface area contributed by atoms with Gasteiger partial charge in [-0.15, -0.1) is 0 Å². The van der Waals surface area contributed by atoms with Crippen LogP contribution in [-0.4, -0.2) is 67.4 Å². The smallest absolute Gasteiger partial charge is 0.191 e. The van der Waals surface area contributed by atoms with Gasteiger partial charge in [-0.05, 0) is 57.1 Å². The Balaban J connectivity index is 1.76. The summed E-state index contributed by atoms with van der Waals surface area (Å²) in [6.07, 6.45) is 1.72. The van der Waals surface area contributed by atoms with Crippen molar-refractivity contribution in [2.75, 3.05) is 39.3 Å². The Bertz CT molecular complexity index is 553. The van der Waals surface area contributed by atoms with Crippen molar-refractivity contribution >= 4 is 5.96 Å². The minimum absolute atomic E-state index is 0.112. The summed E-state index contributed by atoms with van der Waals surface area (Å²) in [5.41, 5.74) is 0. The second-order valence-electron chi connectivity index (χ2n) is 6.44. The van der Waals surface area contributed by atoms with Crippen molar-refractivity contribution in [3.63, 3.8) is 0 Å². The maximum absolute atomic E-state index is 12.9. The second-order valence-corrected chi connectivity index (χ2v) is 6.44. The lowest BCUT2D eigenvalue weighted by Crippen LogP contribution is -2.45. The van der Waals surface area contributed by atoms with Crippen LogP contribution in [0.1, 0.15) is 26.7 Å². The largest absolute Gasteiger partial charge is 0.491 e. The van der Waals surface area contributed by atoms with Crippen LogP contribution < -0.4 is 15.4 Å². The highest BCUT2D eigenvalue weighted by molar-refractivity contribution is 5.79. The van der Waals surface area contributed by atoms with Gasteiger partial charge in [0.2, 0.25) is 0 Å². The first-order valence-corrected chi connectivity index (χ1v) is 9.45. The van der Waals surface area contributed by atoms with Gasteiger partial charge in [-0.2, -0.15) is 0 Å². The van der Waals surface area contributed by atoms with Gasteiger partial charge in [0.1, 0.15) is 24.3 Å². The predicted molar refractivity (Wildman–Crippen MR) is 102 cm³/mol. The molecule has 6 nitrogen and oxygen atoms in total. The summed E-state index contributed by atoms with van der Waals surface area (Å²) in [6.45, 7) is 8.39. The molecule has 2 rings (SSSR count). The van der Waals surface area contributed by atoms with Crippen molar-refractivity contribution in [3.05, 3.63) is 30.1 Å². The van der Waals surface area contributed by atoms with Gasteiger partial charge in [0, 0.05) is 19.1 Å². The van der Waals surface area contributed by atoms with E-state index >= 15 is 0 Å². The number of halogens is 1. The van der Waals surface area contributed by atoms with Crippen molar-refractivity contribution < 1.29 is 14.2 Å². The number of rotatable bonds is 9. The second kappa shape index (κ2) is 11.0. The summed E-state index contributed by atoms with van der Waals surface area (Å²) in [4.78, 5) is 6.91. The quantitative estimate of drug-likeness (QED) is 0.458. The highest BCUT2D eigenvalue weighted by Crippen LogP contribution is 2.15. The van der Waals surface area contributed by atoms with Crippen molar-refractivity contribution in [3.8, 4) is 5.75 Å². The molecule has 0 radical (unpaired) electrons. The summed E-state index contributed by atoms with van der Waals surface area (Å²) in [5.74, 6) is 0.921. The van der Waals surface area contributed by atoms with Crippen LogP contribution in [0.4, 0.5) is 4.39 Å². The number of guanidine groups is 1. The highest BCUT2D eigenvalue weighted by atomic mass is 19.1. The van der Waals surface area contributed by atoms with E-state index in [1.807, 2.05) is 6.92 Å². The summed E-state index contributed by atoms with van der Waals surface area (Å²) >= 11 is 0. The third kappa shape index (κ3) is 6.80. The molecule has 1 aliphatic heterocycles. The van der Waals surface area contributed by atoms with E-state index in [-0.39, 0.29) is 19.0 Å². The molecule has 1 aliphatic rings. The third-order valence-corrected chi connectivity index (χ3v) is 4.47. The molecule has 146 valence electrons. The molecule has 0 aliphatic carbocycles. The molecule has 0 amide bonds. The van der Waals surface area contributed by atoms with E-state index in [1.54, 1.807) is 0 Å². The van der Waals surface area contributed by atoms with Crippen LogP contribution in [0.3, 0.4) is 0 Å². The SMILES string of the molecule is CCNC(=NCC(O)COc1ccc(F)cc1)NCC1CCCN1CC. The van der Waals surface area contributed by atoms with Crippen molar-refractivity contribution in [2.24, 2.45) is 4.99 Å². The van der Waals surface area contributed by atoms with E-state index in [1.165, 1.54) is 37.1 Å². The maximum atomic E-state index is 12.9. The van der Waals surface area contributed by atoms with Gasteiger partial charge < -0.3 is 20.5 Å². The van der Waals surface area contributed by atoms with Crippen molar-refractivity contribution in [1.29, 1.82) is 0 Å². The number of hydrogen-bond donors (Lipinski definition) is 3. The molecule has 1 saturated heterocycles. The van der Waals surface area contributed by atoms with Gasteiger partial charge in [-0.3, -0.25) is 9.89 Å². The van der Waals surface area contributed by atoms with Gasteiger partial charge in [-0.1, -0.05) is 6.92 Å². The predicted octanol–water partition coefficient (Wildman–Crippen LogP) is 1.60. The molecule has 0 aromatic heterocycles. The van der Waals surface area contributed by atoms with Crippen LogP contribution in [0.2, 0.25) is 0 Å². The van der Waals surface area contributed by atoms with E-state index in [9.17, 15) is 9.50 Å². The maximum Gasteiger partial charge on any atom is 0.191 e. The van der Waals surface area contributed by atoms with Crippen molar-refractivity contribution in [2.45, 2.75) is 38.8 Å². The highest BCUT2D eigenvalue weighted by Gasteiger charge is 2.22. The Hall–Kier alpha value is -1.86. The zero-order valence-electron chi connectivity index (χ0n) is 15.7. The Morgan fingerprint density at radius 2 is 2.12 bits per heavy atom. The molecule has 7 heteroatoms. The summed E-state index contributed by atoms with van der Waals surface area (Å²) < 4.78 is 18.3. The molecule has 1 aromatic carbocycles. The minimum atomic E-state index is -0.728. The van der Waals surface area contributed by atoms with Crippen LogP contribution in [0, 0.1) is 5.82 Å². The molecular formula is C19H31FN4O2. The first kappa shape index (κ1) is 20.5. The average molecular weight is 366 g/mol. The standard InChI is InChI=1S/C19H31FN4O2/c1-3-21-19(22-12-16-6-5-11-24(16)4-2)23-13-17(25)14-26-18-9-7-15(20)8-10-18/h7-10,16-17,25H,3-6,11-14H2,1-2H3,(H2,21,22,23). The molecule has 2 atom stereocenters. The van der Waals surface area contributed by atoms with E-state index in [0.29, 0.717) is 17.8 Å². The average Bonchev–Trinajstić information content (AvgIpc) is 3.11. The number of likely N-dealkylation sites (N-methyl/N-ethyl adjacent to an activating group) is 1. The fourth-order valence-corrected chi connectivity index (χ4v) is 3.07. The van der Waals surface area contributed by atoms with Crippen LogP contribution in [0.25, 0.3) is 0 Å². The minimum Gasteiger partial charge on any atom is -0.491 e. The van der Waals surface area contributed by atoms with Crippen LogP contribution in [0.5, 0.6) is 5.75 Å². The first-order chi connectivity index (χ1) is 12.6. The molecule has 1 aromatic rings. The van der Waals surface area contributed by atoms with Gasteiger partial charge >= 0.3 is 0 Å².